The molecule has 0 spiro atoms. The molecular weight excluding hydrogens is 256 g/mol. The van der Waals surface area contributed by atoms with E-state index in [-0.39, 0.29) is 11.9 Å². The molecule has 1 atom stereocenters. The van der Waals surface area contributed by atoms with Gasteiger partial charge in [-0.1, -0.05) is 0 Å². The summed E-state index contributed by atoms with van der Waals surface area (Å²) in [6.45, 7) is 3.47. The number of benzene rings is 1. The maximum Gasteiger partial charge on any atom is 0.221 e. The lowest BCUT2D eigenvalue weighted by molar-refractivity contribution is -0.114. The van der Waals surface area contributed by atoms with Crippen molar-refractivity contribution < 1.29 is 13.9 Å². The van der Waals surface area contributed by atoms with E-state index in [2.05, 4.69) is 10.6 Å². The van der Waals surface area contributed by atoms with Gasteiger partial charge in [-0.25, -0.2) is 0 Å². The molecule has 0 radical (unpaired) electrons. The molecule has 1 aromatic heterocycles. The molecule has 0 bridgehead atoms. The summed E-state index contributed by atoms with van der Waals surface area (Å²) < 4.78 is 10.7. The Labute approximate surface area is 117 Å². The summed E-state index contributed by atoms with van der Waals surface area (Å²) in [7, 11) is 1.59. The minimum atomic E-state index is -0.114. The highest BCUT2D eigenvalue weighted by molar-refractivity contribution is 5.89. The first-order valence-corrected chi connectivity index (χ1v) is 6.35. The molecule has 1 heterocycles. The molecule has 0 aliphatic heterocycles. The molecule has 0 aliphatic rings. The molecule has 1 amide bonds. The van der Waals surface area contributed by atoms with Crippen LogP contribution in [-0.2, 0) is 4.79 Å². The van der Waals surface area contributed by atoms with Gasteiger partial charge in [0.1, 0.15) is 11.5 Å². The third kappa shape index (κ3) is 3.32. The van der Waals surface area contributed by atoms with Gasteiger partial charge in [0.2, 0.25) is 5.91 Å². The number of rotatable bonds is 5. The zero-order valence-electron chi connectivity index (χ0n) is 11.8. The molecule has 2 rings (SSSR count). The Morgan fingerprint density at radius 1 is 1.35 bits per heavy atom. The topological polar surface area (TPSA) is 63.5 Å². The van der Waals surface area contributed by atoms with Crippen LogP contribution in [0, 0.1) is 0 Å². The van der Waals surface area contributed by atoms with Crippen LogP contribution in [-0.4, -0.2) is 13.0 Å². The van der Waals surface area contributed by atoms with Crippen molar-refractivity contribution in [2.45, 2.75) is 19.9 Å². The Bertz CT molecular complexity index is 579. The fourth-order valence-electron chi connectivity index (χ4n) is 1.93. The fraction of sp³-hybridized carbons (Fsp3) is 0.267. The van der Waals surface area contributed by atoms with E-state index in [1.54, 1.807) is 19.4 Å². The summed E-state index contributed by atoms with van der Waals surface area (Å²) in [5, 5.41) is 6.04. The number of amides is 1. The Hall–Kier alpha value is -2.43. The normalized spacial score (nSPS) is 11.8. The van der Waals surface area contributed by atoms with Gasteiger partial charge in [-0.3, -0.25) is 4.79 Å². The molecule has 0 saturated carbocycles. The monoisotopic (exact) mass is 274 g/mol. The van der Waals surface area contributed by atoms with Crippen molar-refractivity contribution in [1.29, 1.82) is 0 Å². The maximum atomic E-state index is 11.1. The van der Waals surface area contributed by atoms with Crippen LogP contribution < -0.4 is 15.4 Å². The standard InChI is InChI=1S/C15H18N2O3/c1-10(14-5-4-8-20-14)16-13-7-6-12(17-11(2)18)9-15(13)19-3/h4-10,16H,1-3H3,(H,17,18). The second-order valence-corrected chi connectivity index (χ2v) is 4.48. The Morgan fingerprint density at radius 2 is 2.15 bits per heavy atom. The predicted octanol–water partition coefficient (Wildman–Crippen LogP) is 3.42. The third-order valence-electron chi connectivity index (χ3n) is 2.86. The summed E-state index contributed by atoms with van der Waals surface area (Å²) in [4.78, 5) is 11.1. The molecule has 106 valence electrons. The van der Waals surface area contributed by atoms with Crippen LogP contribution in [0.25, 0.3) is 0 Å². The Morgan fingerprint density at radius 3 is 2.75 bits per heavy atom. The lowest BCUT2D eigenvalue weighted by Crippen LogP contribution is -2.08. The van der Waals surface area contributed by atoms with Crippen LogP contribution in [0.4, 0.5) is 11.4 Å². The molecule has 0 aliphatic carbocycles. The van der Waals surface area contributed by atoms with Gasteiger partial charge in [-0.2, -0.15) is 0 Å². The molecule has 0 fully saturated rings. The SMILES string of the molecule is COc1cc(NC(C)=O)ccc1NC(C)c1ccco1. The molecule has 5 heteroatoms. The molecule has 2 aromatic rings. The Balaban J connectivity index is 2.17. The number of ether oxygens (including phenoxy) is 1. The number of methoxy groups -OCH3 is 1. The second-order valence-electron chi connectivity index (χ2n) is 4.48. The quantitative estimate of drug-likeness (QED) is 0.877. The lowest BCUT2D eigenvalue weighted by Gasteiger charge is -2.16. The van der Waals surface area contributed by atoms with Gasteiger partial charge in [-0.15, -0.1) is 0 Å². The van der Waals surface area contributed by atoms with Crippen molar-refractivity contribution in [3.8, 4) is 5.75 Å². The zero-order chi connectivity index (χ0) is 14.5. The highest BCUT2D eigenvalue weighted by atomic mass is 16.5. The maximum absolute atomic E-state index is 11.1. The van der Waals surface area contributed by atoms with Crippen LogP contribution in [0.5, 0.6) is 5.75 Å². The van der Waals surface area contributed by atoms with Crippen molar-refractivity contribution in [3.05, 3.63) is 42.4 Å². The van der Waals surface area contributed by atoms with Crippen LogP contribution in [0.15, 0.2) is 41.0 Å². The van der Waals surface area contributed by atoms with Crippen molar-refractivity contribution >= 4 is 17.3 Å². The summed E-state index contributed by atoms with van der Waals surface area (Å²) in [5.41, 5.74) is 1.54. The van der Waals surface area contributed by atoms with E-state index in [1.165, 1.54) is 6.92 Å². The van der Waals surface area contributed by atoms with Gasteiger partial charge in [0, 0.05) is 18.7 Å². The van der Waals surface area contributed by atoms with Gasteiger partial charge in [0.15, 0.2) is 0 Å². The number of hydrogen-bond donors (Lipinski definition) is 2. The van der Waals surface area contributed by atoms with Crippen LogP contribution in [0.2, 0.25) is 0 Å². The van der Waals surface area contributed by atoms with Crippen molar-refractivity contribution in [2.75, 3.05) is 17.7 Å². The van der Waals surface area contributed by atoms with E-state index in [9.17, 15) is 4.79 Å². The summed E-state index contributed by atoms with van der Waals surface area (Å²) in [6.07, 6.45) is 1.64. The number of anilines is 2. The van der Waals surface area contributed by atoms with E-state index in [0.29, 0.717) is 11.4 Å². The van der Waals surface area contributed by atoms with Gasteiger partial charge in [-0.05, 0) is 31.2 Å². The molecule has 5 nitrogen and oxygen atoms in total. The van der Waals surface area contributed by atoms with E-state index < -0.39 is 0 Å². The summed E-state index contributed by atoms with van der Waals surface area (Å²) >= 11 is 0. The van der Waals surface area contributed by atoms with E-state index >= 15 is 0 Å². The predicted molar refractivity (Wildman–Crippen MR) is 78.0 cm³/mol. The second kappa shape index (κ2) is 6.14. The van der Waals surface area contributed by atoms with Crippen LogP contribution in [0.1, 0.15) is 25.6 Å². The Kier molecular flexibility index (Phi) is 4.30. The highest BCUT2D eigenvalue weighted by Gasteiger charge is 2.11. The third-order valence-corrected chi connectivity index (χ3v) is 2.86. The van der Waals surface area contributed by atoms with E-state index in [0.717, 1.165) is 11.4 Å². The lowest BCUT2D eigenvalue weighted by atomic mass is 10.2. The largest absolute Gasteiger partial charge is 0.495 e. The number of carbonyl (C=O) groups is 1. The van der Waals surface area contributed by atoms with E-state index in [1.807, 2.05) is 31.2 Å². The minimum absolute atomic E-state index is 0.0190. The number of nitrogens with one attached hydrogen (secondary N) is 2. The number of hydrogen-bond acceptors (Lipinski definition) is 4. The average molecular weight is 274 g/mol. The molecule has 20 heavy (non-hydrogen) atoms. The minimum Gasteiger partial charge on any atom is -0.495 e. The van der Waals surface area contributed by atoms with Gasteiger partial charge in [0.05, 0.1) is 25.1 Å². The van der Waals surface area contributed by atoms with Crippen molar-refractivity contribution in [1.82, 2.24) is 0 Å². The first-order chi connectivity index (χ1) is 9.60. The van der Waals surface area contributed by atoms with Crippen LogP contribution in [0.3, 0.4) is 0 Å². The fourth-order valence-corrected chi connectivity index (χ4v) is 1.93. The van der Waals surface area contributed by atoms with Gasteiger partial charge < -0.3 is 19.8 Å². The first kappa shape index (κ1) is 14.0. The first-order valence-electron chi connectivity index (χ1n) is 6.35. The van der Waals surface area contributed by atoms with Gasteiger partial charge in [0.25, 0.3) is 0 Å². The summed E-state index contributed by atoms with van der Waals surface area (Å²) in [6, 6.07) is 9.24. The average Bonchev–Trinajstić information content (AvgIpc) is 2.93. The number of carbonyl (C=O) groups excluding carboxylic acids is 1. The number of furan rings is 1. The zero-order valence-corrected chi connectivity index (χ0v) is 11.8. The van der Waals surface area contributed by atoms with Crippen LogP contribution >= 0.6 is 0 Å². The molecule has 0 saturated heterocycles. The molecule has 1 unspecified atom stereocenters. The smallest absolute Gasteiger partial charge is 0.221 e. The highest BCUT2D eigenvalue weighted by Crippen LogP contribution is 2.31. The summed E-state index contributed by atoms with van der Waals surface area (Å²) in [5.74, 6) is 1.39. The van der Waals surface area contributed by atoms with Crippen molar-refractivity contribution in [2.24, 2.45) is 0 Å². The molecule has 2 N–H and O–H groups in total. The van der Waals surface area contributed by atoms with Gasteiger partial charge >= 0.3 is 0 Å². The van der Waals surface area contributed by atoms with Crippen molar-refractivity contribution in [3.63, 3.8) is 0 Å². The molecular formula is C15H18N2O3. The van der Waals surface area contributed by atoms with E-state index in [4.69, 9.17) is 9.15 Å². The molecule has 1 aromatic carbocycles.